The Morgan fingerprint density at radius 2 is 1.88 bits per heavy atom. The summed E-state index contributed by atoms with van der Waals surface area (Å²) in [6.45, 7) is 2.42. The molecule has 168 valence electrons. The van der Waals surface area contributed by atoms with Crippen molar-refractivity contribution < 1.29 is 14.3 Å². The lowest BCUT2D eigenvalue weighted by molar-refractivity contribution is -0.120. The Morgan fingerprint density at radius 1 is 1.03 bits per heavy atom. The van der Waals surface area contributed by atoms with Crippen molar-refractivity contribution in [2.45, 2.75) is 26.5 Å². The molecule has 2 N–H and O–H groups in total. The minimum atomic E-state index is -0.101. The van der Waals surface area contributed by atoms with E-state index in [2.05, 4.69) is 15.7 Å². The number of amides is 2. The number of ether oxygens (including phenoxy) is 1. The molecule has 2 amide bonds. The van der Waals surface area contributed by atoms with Crippen LogP contribution in [0.25, 0.3) is 22.0 Å². The smallest absolute Gasteiger partial charge is 0.221 e. The van der Waals surface area contributed by atoms with E-state index in [4.69, 9.17) is 4.74 Å². The summed E-state index contributed by atoms with van der Waals surface area (Å²) in [5.41, 5.74) is 4.82. The van der Waals surface area contributed by atoms with Crippen molar-refractivity contribution >= 4 is 28.4 Å². The number of nitrogens with zero attached hydrogens (tertiary/aromatic N) is 2. The Bertz CT molecular complexity index is 1300. The third kappa shape index (κ3) is 5.38. The quantitative estimate of drug-likeness (QED) is 0.424. The van der Waals surface area contributed by atoms with Crippen LogP contribution in [0.4, 0.5) is 5.69 Å². The van der Waals surface area contributed by atoms with E-state index in [0.29, 0.717) is 19.6 Å². The van der Waals surface area contributed by atoms with Crippen molar-refractivity contribution in [3.8, 4) is 16.9 Å². The van der Waals surface area contributed by atoms with Gasteiger partial charge in [0.2, 0.25) is 11.8 Å². The Hall–Kier alpha value is -4.13. The lowest BCUT2D eigenvalue weighted by atomic mass is 9.99. The largest absolute Gasteiger partial charge is 0.489 e. The van der Waals surface area contributed by atoms with Crippen LogP contribution >= 0.6 is 0 Å². The number of fused-ring (bicyclic) bond motifs is 1. The van der Waals surface area contributed by atoms with Crippen LogP contribution in [0.15, 0.2) is 72.9 Å². The Labute approximate surface area is 192 Å². The van der Waals surface area contributed by atoms with Crippen molar-refractivity contribution in [2.24, 2.45) is 0 Å². The van der Waals surface area contributed by atoms with Gasteiger partial charge in [-0.1, -0.05) is 36.4 Å². The molecule has 1 aromatic heterocycles. The Balaban J connectivity index is 1.50. The summed E-state index contributed by atoms with van der Waals surface area (Å²) in [6.07, 6.45) is 2.17. The molecule has 0 bridgehead atoms. The van der Waals surface area contributed by atoms with Crippen LogP contribution in [-0.2, 0) is 22.7 Å². The van der Waals surface area contributed by atoms with E-state index in [0.717, 1.165) is 39.0 Å². The number of aryl methyl sites for hydroxylation is 1. The second kappa shape index (κ2) is 9.99. The summed E-state index contributed by atoms with van der Waals surface area (Å²) >= 11 is 0. The zero-order valence-electron chi connectivity index (χ0n) is 18.7. The molecule has 7 nitrogen and oxygen atoms in total. The fraction of sp³-hybridized carbons (Fsp3) is 0.192. The molecule has 0 spiro atoms. The van der Waals surface area contributed by atoms with Gasteiger partial charge in [-0.3, -0.25) is 14.3 Å². The molecule has 33 heavy (non-hydrogen) atoms. The maximum absolute atomic E-state index is 11.5. The molecule has 0 aliphatic carbocycles. The lowest BCUT2D eigenvalue weighted by Gasteiger charge is -2.13. The number of anilines is 1. The molecular weight excluding hydrogens is 416 g/mol. The van der Waals surface area contributed by atoms with Crippen LogP contribution < -0.4 is 15.4 Å². The van der Waals surface area contributed by atoms with Gasteiger partial charge >= 0.3 is 0 Å². The molecule has 0 aliphatic rings. The number of aromatic nitrogens is 2. The first kappa shape index (κ1) is 22.1. The van der Waals surface area contributed by atoms with Crippen molar-refractivity contribution in [2.75, 3.05) is 12.4 Å². The highest BCUT2D eigenvalue weighted by Crippen LogP contribution is 2.28. The number of nitrogens with one attached hydrogen (secondary N) is 2. The maximum Gasteiger partial charge on any atom is 0.221 e. The molecule has 1 heterocycles. The summed E-state index contributed by atoms with van der Waals surface area (Å²) in [4.78, 5) is 22.9. The highest BCUT2D eigenvalue weighted by atomic mass is 16.5. The first-order valence-electron chi connectivity index (χ1n) is 10.8. The first-order chi connectivity index (χ1) is 16.0. The van der Waals surface area contributed by atoms with Gasteiger partial charge in [-0.15, -0.1) is 0 Å². The van der Waals surface area contributed by atoms with Gasteiger partial charge in [0.05, 0.1) is 18.3 Å². The molecule has 0 unspecified atom stereocenters. The third-order valence-electron chi connectivity index (χ3n) is 5.35. The van der Waals surface area contributed by atoms with Crippen LogP contribution in [-0.4, -0.2) is 28.6 Å². The van der Waals surface area contributed by atoms with E-state index in [-0.39, 0.29) is 11.8 Å². The number of benzene rings is 3. The number of carbonyl (C=O) groups is 2. The summed E-state index contributed by atoms with van der Waals surface area (Å²) < 4.78 is 7.94. The predicted octanol–water partition coefficient (Wildman–Crippen LogP) is 4.38. The number of rotatable bonds is 8. The van der Waals surface area contributed by atoms with Crippen molar-refractivity contribution in [1.29, 1.82) is 0 Å². The molecule has 0 saturated heterocycles. The van der Waals surface area contributed by atoms with Crippen LogP contribution in [0.5, 0.6) is 5.75 Å². The second-order valence-corrected chi connectivity index (χ2v) is 7.72. The number of carbonyl (C=O) groups excluding carboxylic acids is 2. The van der Waals surface area contributed by atoms with Crippen molar-refractivity contribution in [1.82, 2.24) is 15.1 Å². The number of hydrogen-bond acceptors (Lipinski definition) is 4. The molecular formula is C26H26N4O3. The minimum absolute atomic E-state index is 0.0140. The maximum atomic E-state index is 11.5. The van der Waals surface area contributed by atoms with Crippen LogP contribution in [0.1, 0.15) is 18.9 Å². The van der Waals surface area contributed by atoms with Gasteiger partial charge in [-0.2, -0.15) is 5.10 Å². The van der Waals surface area contributed by atoms with E-state index in [9.17, 15) is 9.59 Å². The van der Waals surface area contributed by atoms with Gasteiger partial charge in [0, 0.05) is 31.5 Å². The molecule has 0 aliphatic heterocycles. The van der Waals surface area contributed by atoms with Gasteiger partial charge in [0.25, 0.3) is 0 Å². The normalized spacial score (nSPS) is 10.7. The fourth-order valence-electron chi connectivity index (χ4n) is 3.72. The lowest BCUT2D eigenvalue weighted by Crippen LogP contribution is -2.19. The first-order valence-corrected chi connectivity index (χ1v) is 10.8. The fourth-order valence-corrected chi connectivity index (χ4v) is 3.72. The predicted molar refractivity (Wildman–Crippen MR) is 129 cm³/mol. The van der Waals surface area contributed by atoms with Gasteiger partial charge in [0.1, 0.15) is 12.4 Å². The van der Waals surface area contributed by atoms with Gasteiger partial charge in [-0.05, 0) is 47.0 Å². The highest BCUT2D eigenvalue weighted by molar-refractivity contribution is 5.89. The van der Waals surface area contributed by atoms with Crippen LogP contribution in [0, 0.1) is 0 Å². The van der Waals surface area contributed by atoms with Gasteiger partial charge < -0.3 is 15.4 Å². The average Bonchev–Trinajstić information content (AvgIpc) is 3.23. The standard InChI is InChI=1S/C26H26N4O3/c1-18(31)29-22-8-5-7-19(14-22)24-9-4-3-6-20(24)17-33-23-10-11-25-21(15-23)16-28-30(25)13-12-26(32)27-2/h3-11,14-16H,12-13,17H2,1-2H3,(H,27,32)(H,29,31). The summed E-state index contributed by atoms with van der Waals surface area (Å²) in [7, 11) is 1.63. The SMILES string of the molecule is CNC(=O)CCn1ncc2cc(OCc3ccccc3-c3cccc(NC(C)=O)c3)ccc21. The van der Waals surface area contributed by atoms with E-state index in [1.807, 2.05) is 71.4 Å². The molecule has 4 rings (SSSR count). The topological polar surface area (TPSA) is 85.2 Å². The summed E-state index contributed by atoms with van der Waals surface area (Å²) in [5.74, 6) is 0.631. The second-order valence-electron chi connectivity index (χ2n) is 7.72. The average molecular weight is 443 g/mol. The van der Waals surface area contributed by atoms with Crippen LogP contribution in [0.2, 0.25) is 0 Å². The van der Waals surface area contributed by atoms with E-state index < -0.39 is 0 Å². The molecule has 7 heteroatoms. The van der Waals surface area contributed by atoms with Gasteiger partial charge in [0.15, 0.2) is 0 Å². The monoisotopic (exact) mass is 442 g/mol. The molecule has 3 aromatic carbocycles. The van der Waals surface area contributed by atoms with E-state index in [1.165, 1.54) is 6.92 Å². The van der Waals surface area contributed by atoms with Gasteiger partial charge in [-0.25, -0.2) is 0 Å². The molecule has 0 atom stereocenters. The van der Waals surface area contributed by atoms with E-state index in [1.54, 1.807) is 13.2 Å². The van der Waals surface area contributed by atoms with Crippen molar-refractivity contribution in [3.63, 3.8) is 0 Å². The zero-order valence-corrected chi connectivity index (χ0v) is 18.7. The molecule has 0 radical (unpaired) electrons. The Morgan fingerprint density at radius 3 is 2.70 bits per heavy atom. The Kier molecular flexibility index (Phi) is 6.69. The van der Waals surface area contributed by atoms with Crippen molar-refractivity contribution in [3.05, 3.63) is 78.5 Å². The van der Waals surface area contributed by atoms with Crippen LogP contribution in [0.3, 0.4) is 0 Å². The van der Waals surface area contributed by atoms with E-state index >= 15 is 0 Å². The zero-order chi connectivity index (χ0) is 23.2. The summed E-state index contributed by atoms with van der Waals surface area (Å²) in [5, 5.41) is 10.8. The molecule has 0 fully saturated rings. The molecule has 0 saturated carbocycles. The number of hydrogen-bond donors (Lipinski definition) is 2. The minimum Gasteiger partial charge on any atom is -0.489 e. The highest BCUT2D eigenvalue weighted by Gasteiger charge is 2.09. The summed E-state index contributed by atoms with van der Waals surface area (Å²) in [6, 6.07) is 21.7. The molecule has 4 aromatic rings. The third-order valence-corrected chi connectivity index (χ3v) is 5.35.